The molecule has 0 aromatic heterocycles. The highest BCUT2D eigenvalue weighted by atomic mass is 16.5. The van der Waals surface area contributed by atoms with Crippen molar-refractivity contribution in [3.63, 3.8) is 0 Å². The molecule has 0 unspecified atom stereocenters. The van der Waals surface area contributed by atoms with E-state index in [0.29, 0.717) is 44.7 Å². The monoisotopic (exact) mass is 262 g/mol. The Kier molecular flexibility index (Phi) is 4.52. The number of rotatable bonds is 5. The van der Waals surface area contributed by atoms with Gasteiger partial charge in [0.05, 0.1) is 6.54 Å². The third-order valence-electron chi connectivity index (χ3n) is 3.15. The fourth-order valence-electron chi connectivity index (χ4n) is 2.11. The zero-order chi connectivity index (χ0) is 13.7. The second-order valence-electron chi connectivity index (χ2n) is 4.45. The Labute approximate surface area is 112 Å². The van der Waals surface area contributed by atoms with E-state index in [1.54, 1.807) is 0 Å². The molecule has 5 nitrogen and oxygen atoms in total. The number of hydrogen-bond donors (Lipinski definition) is 1. The standard InChI is InChI=1S/C14H18N2O3/c15-10-11-4-1-2-5-12(11)19-9-8-16-13(17)6-3-7-14(16)18/h1-2,4-5H,3,6-10,15H2. The van der Waals surface area contributed by atoms with Gasteiger partial charge in [-0.3, -0.25) is 14.5 Å². The number of benzene rings is 1. The molecule has 1 heterocycles. The normalized spacial score (nSPS) is 15.7. The first-order valence-electron chi connectivity index (χ1n) is 6.46. The number of carbonyl (C=O) groups excluding carboxylic acids is 2. The molecule has 0 radical (unpaired) electrons. The molecule has 1 aromatic rings. The Bertz CT molecular complexity index is 458. The van der Waals surface area contributed by atoms with Crippen LogP contribution in [0.1, 0.15) is 24.8 Å². The predicted octanol–water partition coefficient (Wildman–Crippen LogP) is 1.06. The second-order valence-corrected chi connectivity index (χ2v) is 4.45. The number of amides is 2. The lowest BCUT2D eigenvalue weighted by Gasteiger charge is -2.24. The van der Waals surface area contributed by atoms with Crippen LogP contribution in [0.25, 0.3) is 0 Å². The number of nitrogens with zero attached hydrogens (tertiary/aromatic N) is 1. The van der Waals surface area contributed by atoms with Gasteiger partial charge in [0.2, 0.25) is 11.8 Å². The first-order valence-corrected chi connectivity index (χ1v) is 6.46. The highest BCUT2D eigenvalue weighted by Crippen LogP contribution is 2.17. The minimum absolute atomic E-state index is 0.105. The molecule has 0 aliphatic carbocycles. The van der Waals surface area contributed by atoms with Gasteiger partial charge in [-0.1, -0.05) is 18.2 Å². The van der Waals surface area contributed by atoms with E-state index < -0.39 is 0 Å². The molecule has 2 rings (SSSR count). The third kappa shape index (κ3) is 3.32. The van der Waals surface area contributed by atoms with Crippen LogP contribution < -0.4 is 10.5 Å². The number of hydrogen-bond acceptors (Lipinski definition) is 4. The SMILES string of the molecule is NCc1ccccc1OCCN1C(=O)CCCC1=O. The topological polar surface area (TPSA) is 72.6 Å². The molecule has 1 aliphatic heterocycles. The summed E-state index contributed by atoms with van der Waals surface area (Å²) in [5.41, 5.74) is 6.53. The minimum Gasteiger partial charge on any atom is -0.491 e. The summed E-state index contributed by atoms with van der Waals surface area (Å²) in [5.74, 6) is 0.501. The van der Waals surface area contributed by atoms with Crippen molar-refractivity contribution in [1.29, 1.82) is 0 Å². The van der Waals surface area contributed by atoms with Crippen LogP contribution in [0, 0.1) is 0 Å². The van der Waals surface area contributed by atoms with Gasteiger partial charge < -0.3 is 10.5 Å². The Morgan fingerprint density at radius 1 is 1.16 bits per heavy atom. The Hall–Kier alpha value is -1.88. The van der Waals surface area contributed by atoms with Crippen molar-refractivity contribution in [2.75, 3.05) is 13.2 Å². The summed E-state index contributed by atoms with van der Waals surface area (Å²) in [5, 5.41) is 0. The van der Waals surface area contributed by atoms with Gasteiger partial charge in [-0.05, 0) is 12.5 Å². The van der Waals surface area contributed by atoms with E-state index in [4.69, 9.17) is 10.5 Å². The van der Waals surface area contributed by atoms with E-state index in [0.717, 1.165) is 5.56 Å². The average molecular weight is 262 g/mol. The smallest absolute Gasteiger partial charge is 0.229 e. The van der Waals surface area contributed by atoms with E-state index in [-0.39, 0.29) is 11.8 Å². The van der Waals surface area contributed by atoms with Gasteiger partial charge in [0, 0.05) is 24.9 Å². The van der Waals surface area contributed by atoms with Crippen molar-refractivity contribution in [1.82, 2.24) is 4.90 Å². The molecule has 0 atom stereocenters. The molecule has 0 bridgehead atoms. The van der Waals surface area contributed by atoms with Crippen LogP contribution in [-0.4, -0.2) is 29.9 Å². The molecule has 1 saturated heterocycles. The van der Waals surface area contributed by atoms with Gasteiger partial charge in [0.1, 0.15) is 12.4 Å². The number of imide groups is 1. The van der Waals surface area contributed by atoms with Crippen LogP contribution in [0.3, 0.4) is 0 Å². The van der Waals surface area contributed by atoms with Gasteiger partial charge in [-0.25, -0.2) is 0 Å². The molecule has 2 N–H and O–H groups in total. The van der Waals surface area contributed by atoms with Crippen molar-refractivity contribution >= 4 is 11.8 Å². The number of likely N-dealkylation sites (tertiary alicyclic amines) is 1. The van der Waals surface area contributed by atoms with Gasteiger partial charge in [-0.2, -0.15) is 0 Å². The first kappa shape index (κ1) is 13.5. The first-order chi connectivity index (χ1) is 9.22. The van der Waals surface area contributed by atoms with Crippen molar-refractivity contribution in [3.05, 3.63) is 29.8 Å². The Balaban J connectivity index is 1.89. The van der Waals surface area contributed by atoms with Crippen molar-refractivity contribution in [2.24, 2.45) is 5.73 Å². The maximum Gasteiger partial charge on any atom is 0.229 e. The number of piperidine rings is 1. The van der Waals surface area contributed by atoms with E-state index in [1.807, 2.05) is 24.3 Å². The lowest BCUT2D eigenvalue weighted by atomic mass is 10.1. The third-order valence-corrected chi connectivity index (χ3v) is 3.15. The van der Waals surface area contributed by atoms with Gasteiger partial charge in [0.15, 0.2) is 0 Å². The number of carbonyl (C=O) groups is 2. The summed E-state index contributed by atoms with van der Waals surface area (Å²) in [7, 11) is 0. The average Bonchev–Trinajstić information content (AvgIpc) is 2.42. The van der Waals surface area contributed by atoms with Gasteiger partial charge >= 0.3 is 0 Å². The fraction of sp³-hybridized carbons (Fsp3) is 0.429. The van der Waals surface area contributed by atoms with Crippen LogP contribution in [0.15, 0.2) is 24.3 Å². The largest absolute Gasteiger partial charge is 0.491 e. The molecule has 19 heavy (non-hydrogen) atoms. The molecule has 5 heteroatoms. The van der Waals surface area contributed by atoms with E-state index >= 15 is 0 Å². The molecule has 0 spiro atoms. The number of nitrogens with two attached hydrogens (primary N) is 1. The zero-order valence-corrected chi connectivity index (χ0v) is 10.8. The molecule has 2 amide bonds. The zero-order valence-electron chi connectivity index (χ0n) is 10.8. The van der Waals surface area contributed by atoms with E-state index in [2.05, 4.69) is 0 Å². The number of para-hydroxylation sites is 1. The van der Waals surface area contributed by atoms with Crippen LogP contribution in [0.5, 0.6) is 5.75 Å². The van der Waals surface area contributed by atoms with Crippen LogP contribution >= 0.6 is 0 Å². The molecular formula is C14H18N2O3. The maximum atomic E-state index is 11.6. The summed E-state index contributed by atoms with van der Waals surface area (Å²) in [6.45, 7) is 1.00. The summed E-state index contributed by atoms with van der Waals surface area (Å²) in [4.78, 5) is 24.5. The summed E-state index contributed by atoms with van der Waals surface area (Å²) in [6.07, 6.45) is 1.56. The predicted molar refractivity (Wildman–Crippen MR) is 70.4 cm³/mol. The van der Waals surface area contributed by atoms with E-state index in [9.17, 15) is 9.59 Å². The summed E-state index contributed by atoms with van der Waals surface area (Å²) < 4.78 is 5.60. The molecular weight excluding hydrogens is 244 g/mol. The molecule has 1 aliphatic rings. The fourth-order valence-corrected chi connectivity index (χ4v) is 2.11. The summed E-state index contributed by atoms with van der Waals surface area (Å²) in [6, 6.07) is 7.49. The Morgan fingerprint density at radius 2 is 1.84 bits per heavy atom. The molecule has 102 valence electrons. The van der Waals surface area contributed by atoms with Crippen LogP contribution in [0.4, 0.5) is 0 Å². The maximum absolute atomic E-state index is 11.6. The highest BCUT2D eigenvalue weighted by Gasteiger charge is 2.25. The molecule has 0 saturated carbocycles. The highest BCUT2D eigenvalue weighted by molar-refractivity contribution is 5.97. The second kappa shape index (κ2) is 6.33. The van der Waals surface area contributed by atoms with Crippen molar-refractivity contribution in [2.45, 2.75) is 25.8 Å². The van der Waals surface area contributed by atoms with Crippen molar-refractivity contribution < 1.29 is 14.3 Å². The molecule has 1 aromatic carbocycles. The lowest BCUT2D eigenvalue weighted by Crippen LogP contribution is -2.42. The Morgan fingerprint density at radius 3 is 2.53 bits per heavy atom. The minimum atomic E-state index is -0.105. The van der Waals surface area contributed by atoms with Crippen molar-refractivity contribution in [3.8, 4) is 5.75 Å². The van der Waals surface area contributed by atoms with Gasteiger partial charge in [-0.15, -0.1) is 0 Å². The van der Waals surface area contributed by atoms with Crippen LogP contribution in [-0.2, 0) is 16.1 Å². The number of ether oxygens (including phenoxy) is 1. The van der Waals surface area contributed by atoms with E-state index in [1.165, 1.54) is 4.90 Å². The summed E-state index contributed by atoms with van der Waals surface area (Å²) >= 11 is 0. The molecule has 1 fully saturated rings. The van der Waals surface area contributed by atoms with Crippen LogP contribution in [0.2, 0.25) is 0 Å². The lowest BCUT2D eigenvalue weighted by molar-refractivity contribution is -0.148. The van der Waals surface area contributed by atoms with Gasteiger partial charge in [0.25, 0.3) is 0 Å². The quantitative estimate of drug-likeness (QED) is 0.805.